The first-order chi connectivity index (χ1) is 7.92. The van der Waals surface area contributed by atoms with E-state index in [1.54, 1.807) is 31.4 Å². The van der Waals surface area contributed by atoms with Gasteiger partial charge in [0, 0.05) is 19.2 Å². The average molecular weight is 238 g/mol. The van der Waals surface area contributed by atoms with Crippen molar-refractivity contribution in [3.8, 4) is 5.75 Å². The Morgan fingerprint density at radius 2 is 1.82 bits per heavy atom. The van der Waals surface area contributed by atoms with E-state index in [0.29, 0.717) is 16.3 Å². The molecule has 0 aromatic heterocycles. The van der Waals surface area contributed by atoms with Crippen molar-refractivity contribution in [2.45, 2.75) is 26.3 Å². The molecule has 0 aliphatic carbocycles. The predicted octanol–water partition coefficient (Wildman–Crippen LogP) is 3.06. The van der Waals surface area contributed by atoms with Crippen LogP contribution >= 0.6 is 0 Å². The molecule has 1 aromatic rings. The highest BCUT2D eigenvalue weighted by molar-refractivity contribution is 5.35. The number of azo groups is 1. The highest BCUT2D eigenvalue weighted by atomic mass is 16.7. The van der Waals surface area contributed by atoms with E-state index in [-0.39, 0.29) is 6.79 Å². The lowest BCUT2D eigenvalue weighted by Gasteiger charge is -2.09. The van der Waals surface area contributed by atoms with Gasteiger partial charge in [0.2, 0.25) is 5.69 Å². The monoisotopic (exact) mass is 238 g/mol. The zero-order valence-corrected chi connectivity index (χ0v) is 10.6. The van der Waals surface area contributed by atoms with Gasteiger partial charge in [0.25, 0.3) is 0 Å². The highest BCUT2D eigenvalue weighted by Crippen LogP contribution is 2.19. The van der Waals surface area contributed by atoms with Crippen LogP contribution in [-0.2, 0) is 4.74 Å². The summed E-state index contributed by atoms with van der Waals surface area (Å²) in [6, 6.07) is 6.73. The SMILES string of the molecule is COCOc1ccc([N+]([O-])=NC(C)(C)C)cc1. The van der Waals surface area contributed by atoms with Crippen molar-refractivity contribution in [3.63, 3.8) is 0 Å². The maximum Gasteiger partial charge on any atom is 0.244 e. The van der Waals surface area contributed by atoms with E-state index < -0.39 is 5.54 Å². The maximum absolute atomic E-state index is 11.7. The average Bonchev–Trinajstić information content (AvgIpc) is 2.24. The Hall–Kier alpha value is -1.62. The molecule has 5 nitrogen and oxygen atoms in total. The molecule has 0 unspecified atom stereocenters. The number of nitrogens with zero attached hydrogens (tertiary/aromatic N) is 2. The second-order valence-electron chi connectivity index (χ2n) is 4.59. The van der Waals surface area contributed by atoms with Crippen molar-refractivity contribution < 1.29 is 14.3 Å². The molecule has 0 aliphatic rings. The van der Waals surface area contributed by atoms with E-state index in [2.05, 4.69) is 5.11 Å². The molecule has 0 fully saturated rings. The second kappa shape index (κ2) is 5.63. The van der Waals surface area contributed by atoms with Crippen molar-refractivity contribution in [2.24, 2.45) is 5.11 Å². The Labute approximate surface area is 101 Å². The molecular weight excluding hydrogens is 220 g/mol. The van der Waals surface area contributed by atoms with E-state index in [9.17, 15) is 5.21 Å². The third-order valence-corrected chi connectivity index (χ3v) is 1.79. The second-order valence-corrected chi connectivity index (χ2v) is 4.59. The van der Waals surface area contributed by atoms with Gasteiger partial charge in [-0.3, -0.25) is 0 Å². The van der Waals surface area contributed by atoms with Gasteiger partial charge in [-0.25, -0.2) is 0 Å². The van der Waals surface area contributed by atoms with Gasteiger partial charge in [-0.15, -0.1) is 0 Å². The number of rotatable bonds is 4. The predicted molar refractivity (Wildman–Crippen MR) is 64.4 cm³/mol. The van der Waals surface area contributed by atoms with Crippen LogP contribution in [-0.4, -0.2) is 24.3 Å². The summed E-state index contributed by atoms with van der Waals surface area (Å²) in [5, 5.41) is 15.7. The molecule has 0 saturated heterocycles. The molecule has 0 spiro atoms. The fraction of sp³-hybridized carbons (Fsp3) is 0.500. The van der Waals surface area contributed by atoms with Crippen molar-refractivity contribution >= 4 is 5.69 Å². The van der Waals surface area contributed by atoms with E-state index >= 15 is 0 Å². The molecule has 0 N–H and O–H groups in total. The largest absolute Gasteiger partial charge is 0.594 e. The first-order valence-electron chi connectivity index (χ1n) is 5.34. The van der Waals surface area contributed by atoms with Gasteiger partial charge < -0.3 is 14.7 Å². The fourth-order valence-electron chi connectivity index (χ4n) is 1.13. The number of hydrogen-bond donors (Lipinski definition) is 0. The lowest BCUT2D eigenvalue weighted by molar-refractivity contribution is -0.449. The van der Waals surface area contributed by atoms with Crippen molar-refractivity contribution in [1.29, 1.82) is 0 Å². The number of hydrogen-bond acceptors (Lipinski definition) is 4. The lowest BCUT2D eigenvalue weighted by Crippen LogP contribution is -2.12. The first-order valence-corrected chi connectivity index (χ1v) is 5.34. The van der Waals surface area contributed by atoms with Crippen molar-refractivity contribution in [2.75, 3.05) is 13.9 Å². The van der Waals surface area contributed by atoms with Crippen LogP contribution < -0.4 is 4.74 Å². The quantitative estimate of drug-likeness (QED) is 0.350. The van der Waals surface area contributed by atoms with Crippen LogP contribution in [0, 0.1) is 5.21 Å². The Morgan fingerprint density at radius 1 is 1.24 bits per heavy atom. The van der Waals surface area contributed by atoms with E-state index in [1.165, 1.54) is 0 Å². The molecule has 17 heavy (non-hydrogen) atoms. The van der Waals surface area contributed by atoms with Crippen LogP contribution in [0.2, 0.25) is 0 Å². The number of ether oxygens (including phenoxy) is 2. The minimum atomic E-state index is -0.396. The van der Waals surface area contributed by atoms with Crippen LogP contribution in [0.3, 0.4) is 0 Å². The number of benzene rings is 1. The zero-order chi connectivity index (χ0) is 12.9. The molecule has 0 amide bonds. The molecule has 5 heteroatoms. The van der Waals surface area contributed by atoms with Crippen LogP contribution in [0.4, 0.5) is 5.69 Å². The van der Waals surface area contributed by atoms with Gasteiger partial charge in [-0.05, 0) is 38.0 Å². The fourth-order valence-corrected chi connectivity index (χ4v) is 1.13. The summed E-state index contributed by atoms with van der Waals surface area (Å²) < 4.78 is 9.99. The molecule has 94 valence electrons. The van der Waals surface area contributed by atoms with Crippen LogP contribution in [0.15, 0.2) is 29.4 Å². The Bertz CT molecular complexity index is 380. The zero-order valence-electron chi connectivity index (χ0n) is 10.6. The molecule has 1 rings (SSSR count). The molecule has 0 radical (unpaired) electrons. The van der Waals surface area contributed by atoms with Gasteiger partial charge in [0.1, 0.15) is 11.3 Å². The summed E-state index contributed by atoms with van der Waals surface area (Å²) in [5.41, 5.74) is 0.0807. The molecule has 0 aliphatic heterocycles. The van der Waals surface area contributed by atoms with Gasteiger partial charge in [0.15, 0.2) is 6.79 Å². The minimum absolute atomic E-state index is 0.187. The first kappa shape index (κ1) is 13.4. The smallest absolute Gasteiger partial charge is 0.244 e. The van der Waals surface area contributed by atoms with E-state index in [0.717, 1.165) is 0 Å². The van der Waals surface area contributed by atoms with Gasteiger partial charge >= 0.3 is 0 Å². The number of methoxy groups -OCH3 is 1. The highest BCUT2D eigenvalue weighted by Gasteiger charge is 2.14. The Kier molecular flexibility index (Phi) is 4.45. The molecule has 0 bridgehead atoms. The Morgan fingerprint density at radius 3 is 2.29 bits per heavy atom. The normalized spacial score (nSPS) is 12.6. The molecule has 0 heterocycles. The summed E-state index contributed by atoms with van der Waals surface area (Å²) in [7, 11) is 1.55. The summed E-state index contributed by atoms with van der Waals surface area (Å²) >= 11 is 0. The van der Waals surface area contributed by atoms with Gasteiger partial charge in [-0.2, -0.15) is 0 Å². The topological polar surface area (TPSA) is 56.9 Å². The molecule has 0 atom stereocenters. The van der Waals surface area contributed by atoms with Gasteiger partial charge in [0.05, 0.1) is 0 Å². The molecule has 1 aromatic carbocycles. The third kappa shape index (κ3) is 4.82. The van der Waals surface area contributed by atoms with Gasteiger partial charge in [-0.1, -0.05) is 4.86 Å². The summed E-state index contributed by atoms with van der Waals surface area (Å²) in [4.78, 5) is 0.625. The third-order valence-electron chi connectivity index (χ3n) is 1.79. The summed E-state index contributed by atoms with van der Waals surface area (Å²) in [5.74, 6) is 0.653. The van der Waals surface area contributed by atoms with E-state index in [1.807, 2.05) is 20.8 Å². The van der Waals surface area contributed by atoms with Crippen molar-refractivity contribution in [1.82, 2.24) is 0 Å². The Balaban J connectivity index is 2.77. The van der Waals surface area contributed by atoms with Crippen molar-refractivity contribution in [3.05, 3.63) is 29.5 Å². The minimum Gasteiger partial charge on any atom is -0.594 e. The summed E-state index contributed by atoms with van der Waals surface area (Å²) in [6.45, 7) is 5.79. The standard InChI is InChI=1S/C12H18N2O3/c1-12(2,3)13-14(15)10-5-7-11(8-6-10)17-9-16-4/h5-8H,9H2,1-4H3. The maximum atomic E-state index is 11.7. The molecular formula is C12H18N2O3. The summed E-state index contributed by atoms with van der Waals surface area (Å²) in [6.07, 6.45) is 0. The lowest BCUT2D eigenvalue weighted by atomic mass is 10.1. The molecule has 0 saturated carbocycles. The van der Waals surface area contributed by atoms with Crippen LogP contribution in [0.1, 0.15) is 20.8 Å². The van der Waals surface area contributed by atoms with E-state index in [4.69, 9.17) is 9.47 Å². The van der Waals surface area contributed by atoms with Crippen LogP contribution in [0.5, 0.6) is 5.75 Å². The van der Waals surface area contributed by atoms with Crippen LogP contribution in [0.25, 0.3) is 0 Å².